The van der Waals surface area contributed by atoms with Crippen molar-refractivity contribution in [3.05, 3.63) is 64.3 Å². The Morgan fingerprint density at radius 2 is 1.71 bits per heavy atom. The number of rotatable bonds is 3. The normalized spacial score (nSPS) is 14.0. The third kappa shape index (κ3) is 3.54. The predicted octanol–water partition coefficient (Wildman–Crippen LogP) is 4.02. The van der Waals surface area contributed by atoms with Crippen LogP contribution in [0.5, 0.6) is 5.75 Å². The first kappa shape index (κ1) is 18.3. The van der Waals surface area contributed by atoms with Gasteiger partial charge in [-0.15, -0.1) is 13.2 Å². The third-order valence-corrected chi connectivity index (χ3v) is 4.89. The summed E-state index contributed by atoms with van der Waals surface area (Å²) < 4.78 is 44.2. The second-order valence-electron chi connectivity index (χ2n) is 6.83. The van der Waals surface area contributed by atoms with Crippen LogP contribution >= 0.6 is 0 Å². The molecule has 8 heteroatoms. The summed E-state index contributed by atoms with van der Waals surface area (Å²) in [5.41, 5.74) is 4.00. The molecule has 0 saturated carbocycles. The minimum atomic E-state index is -4.75. The van der Waals surface area contributed by atoms with Gasteiger partial charge in [0.05, 0.1) is 6.20 Å². The number of hydrogen-bond acceptors (Lipinski definition) is 3. The molecule has 0 unspecified atom stereocenters. The molecule has 4 rings (SSSR count). The lowest BCUT2D eigenvalue weighted by Crippen LogP contribution is -2.26. The van der Waals surface area contributed by atoms with E-state index < -0.39 is 6.36 Å². The van der Waals surface area contributed by atoms with Crippen LogP contribution in [0.25, 0.3) is 16.8 Å². The summed E-state index contributed by atoms with van der Waals surface area (Å²) >= 11 is 0. The SMILES string of the molecule is Cn1cc(-c2cn(-c3ccc(OC(F)(F)F)cc3)c(=O)c3c2CCCC3)cn1. The van der Waals surface area contributed by atoms with Gasteiger partial charge in [0.2, 0.25) is 0 Å². The van der Waals surface area contributed by atoms with Crippen molar-refractivity contribution in [1.82, 2.24) is 14.3 Å². The summed E-state index contributed by atoms with van der Waals surface area (Å²) in [6.45, 7) is 0. The van der Waals surface area contributed by atoms with Crippen LogP contribution < -0.4 is 10.3 Å². The molecule has 0 amide bonds. The van der Waals surface area contributed by atoms with Crippen molar-refractivity contribution >= 4 is 0 Å². The van der Waals surface area contributed by atoms with Gasteiger partial charge >= 0.3 is 6.36 Å². The highest BCUT2D eigenvalue weighted by Gasteiger charge is 2.31. The molecule has 0 N–H and O–H groups in total. The van der Waals surface area contributed by atoms with E-state index in [-0.39, 0.29) is 11.3 Å². The third-order valence-electron chi connectivity index (χ3n) is 4.89. The summed E-state index contributed by atoms with van der Waals surface area (Å²) in [5.74, 6) is -0.324. The fourth-order valence-corrected chi connectivity index (χ4v) is 3.66. The standard InChI is InChI=1S/C20H18F3N3O2/c1-25-11-13(10-24-25)18-12-26(19(27)17-5-3-2-4-16(17)18)14-6-8-15(9-7-14)28-20(21,22)23/h6-12H,2-5H2,1H3. The molecule has 2 aromatic heterocycles. The van der Waals surface area contributed by atoms with Crippen LogP contribution in [0.4, 0.5) is 13.2 Å². The van der Waals surface area contributed by atoms with Crippen molar-refractivity contribution in [3.8, 4) is 22.6 Å². The number of halogens is 3. The number of ether oxygens (including phenoxy) is 1. The molecule has 3 aromatic rings. The van der Waals surface area contributed by atoms with Crippen molar-refractivity contribution in [3.63, 3.8) is 0 Å². The van der Waals surface area contributed by atoms with Crippen molar-refractivity contribution in [2.45, 2.75) is 32.0 Å². The molecule has 146 valence electrons. The van der Waals surface area contributed by atoms with Crippen molar-refractivity contribution in [2.75, 3.05) is 0 Å². The van der Waals surface area contributed by atoms with E-state index in [1.807, 2.05) is 13.2 Å². The smallest absolute Gasteiger partial charge is 0.406 e. The molecule has 0 bridgehead atoms. The predicted molar refractivity (Wildman–Crippen MR) is 97.6 cm³/mol. The number of nitrogens with zero attached hydrogens (tertiary/aromatic N) is 3. The Balaban J connectivity index is 1.82. The monoisotopic (exact) mass is 389 g/mol. The lowest BCUT2D eigenvalue weighted by Gasteiger charge is -2.21. The van der Waals surface area contributed by atoms with E-state index in [1.165, 1.54) is 28.8 Å². The van der Waals surface area contributed by atoms with Gasteiger partial charge in [0.25, 0.3) is 5.56 Å². The first-order chi connectivity index (χ1) is 13.3. The van der Waals surface area contributed by atoms with Crippen LogP contribution in [0.3, 0.4) is 0 Å². The molecule has 28 heavy (non-hydrogen) atoms. The van der Waals surface area contributed by atoms with Crippen LogP contribution in [-0.4, -0.2) is 20.7 Å². The number of hydrogen-bond donors (Lipinski definition) is 0. The largest absolute Gasteiger partial charge is 0.573 e. The van der Waals surface area contributed by atoms with Crippen molar-refractivity contribution in [1.29, 1.82) is 0 Å². The van der Waals surface area contributed by atoms with Crippen LogP contribution in [0.1, 0.15) is 24.0 Å². The first-order valence-corrected chi connectivity index (χ1v) is 8.94. The minimum Gasteiger partial charge on any atom is -0.406 e. The molecular formula is C20H18F3N3O2. The van der Waals surface area contributed by atoms with Crippen LogP contribution in [0.2, 0.25) is 0 Å². The van der Waals surface area contributed by atoms with Gasteiger partial charge in [-0.1, -0.05) is 0 Å². The molecule has 1 aliphatic rings. The van der Waals surface area contributed by atoms with Crippen molar-refractivity contribution < 1.29 is 17.9 Å². The van der Waals surface area contributed by atoms with E-state index in [9.17, 15) is 18.0 Å². The van der Waals surface area contributed by atoms with Gasteiger partial charge in [-0.05, 0) is 55.5 Å². The molecule has 1 aliphatic carbocycles. The molecule has 1 aromatic carbocycles. The Bertz CT molecular complexity index is 1070. The maximum Gasteiger partial charge on any atom is 0.573 e. The van der Waals surface area contributed by atoms with E-state index in [1.54, 1.807) is 17.1 Å². The zero-order valence-corrected chi connectivity index (χ0v) is 15.2. The Morgan fingerprint density at radius 1 is 1.04 bits per heavy atom. The van der Waals surface area contributed by atoms with Crippen LogP contribution in [-0.2, 0) is 19.9 Å². The van der Waals surface area contributed by atoms with Gasteiger partial charge in [-0.2, -0.15) is 5.10 Å². The van der Waals surface area contributed by atoms with E-state index >= 15 is 0 Å². The number of aromatic nitrogens is 3. The topological polar surface area (TPSA) is 49.0 Å². The Hall–Kier alpha value is -3.03. The Kier molecular flexibility index (Phi) is 4.49. The summed E-state index contributed by atoms with van der Waals surface area (Å²) in [5, 5.41) is 4.22. The van der Waals surface area contributed by atoms with E-state index in [4.69, 9.17) is 0 Å². The second-order valence-corrected chi connectivity index (χ2v) is 6.83. The maximum absolute atomic E-state index is 13.0. The zero-order valence-electron chi connectivity index (χ0n) is 15.2. The first-order valence-electron chi connectivity index (χ1n) is 8.94. The molecule has 0 spiro atoms. The number of alkyl halides is 3. The Morgan fingerprint density at radius 3 is 2.32 bits per heavy atom. The quantitative estimate of drug-likeness (QED) is 0.680. The maximum atomic E-state index is 13.0. The van der Waals surface area contributed by atoms with Gasteiger partial charge in [0.15, 0.2) is 0 Å². The van der Waals surface area contributed by atoms with Gasteiger partial charge in [0.1, 0.15) is 5.75 Å². The fourth-order valence-electron chi connectivity index (χ4n) is 3.66. The summed E-state index contributed by atoms with van der Waals surface area (Å²) in [6, 6.07) is 5.31. The molecule has 5 nitrogen and oxygen atoms in total. The van der Waals surface area contributed by atoms with Crippen molar-refractivity contribution in [2.24, 2.45) is 7.05 Å². The molecule has 0 atom stereocenters. The van der Waals surface area contributed by atoms with Gasteiger partial charge in [-0.25, -0.2) is 0 Å². The lowest BCUT2D eigenvalue weighted by atomic mass is 9.88. The lowest BCUT2D eigenvalue weighted by molar-refractivity contribution is -0.274. The Labute approximate surface area is 159 Å². The van der Waals surface area contributed by atoms with Gasteiger partial charge < -0.3 is 4.74 Å². The fraction of sp³-hybridized carbons (Fsp3) is 0.300. The molecule has 0 radical (unpaired) electrons. The zero-order chi connectivity index (χ0) is 19.9. The highest BCUT2D eigenvalue weighted by atomic mass is 19.4. The summed E-state index contributed by atoms with van der Waals surface area (Å²) in [6.07, 6.45) is 4.12. The summed E-state index contributed by atoms with van der Waals surface area (Å²) in [7, 11) is 1.82. The minimum absolute atomic E-state index is 0.133. The number of fused-ring (bicyclic) bond motifs is 1. The number of benzene rings is 1. The van der Waals surface area contributed by atoms with Gasteiger partial charge in [0, 0.05) is 41.8 Å². The van der Waals surface area contributed by atoms with E-state index in [2.05, 4.69) is 9.84 Å². The molecule has 0 saturated heterocycles. The van der Waals surface area contributed by atoms with Crippen LogP contribution in [0.15, 0.2) is 47.7 Å². The second kappa shape index (κ2) is 6.85. The van der Waals surface area contributed by atoms with E-state index in [0.717, 1.165) is 41.5 Å². The number of pyridine rings is 1. The average Bonchev–Trinajstić information content (AvgIpc) is 3.08. The number of aryl methyl sites for hydroxylation is 1. The highest BCUT2D eigenvalue weighted by Crippen LogP contribution is 2.31. The molecule has 0 aliphatic heterocycles. The summed E-state index contributed by atoms with van der Waals surface area (Å²) in [4.78, 5) is 13.0. The molecule has 0 fully saturated rings. The van der Waals surface area contributed by atoms with E-state index in [0.29, 0.717) is 12.1 Å². The highest BCUT2D eigenvalue weighted by molar-refractivity contribution is 5.67. The average molecular weight is 389 g/mol. The molecular weight excluding hydrogens is 371 g/mol. The van der Waals surface area contributed by atoms with Gasteiger partial charge in [-0.3, -0.25) is 14.0 Å². The van der Waals surface area contributed by atoms with Crippen LogP contribution in [0, 0.1) is 0 Å². The molecule has 2 heterocycles.